The molecule has 0 saturated carbocycles. The summed E-state index contributed by atoms with van der Waals surface area (Å²) in [5.74, 6) is 0.127. The molecule has 1 unspecified atom stereocenters. The van der Waals surface area contributed by atoms with Crippen molar-refractivity contribution in [2.75, 3.05) is 36.5 Å². The zero-order valence-electron chi connectivity index (χ0n) is 12.6. The van der Waals surface area contributed by atoms with Crippen molar-refractivity contribution in [2.45, 2.75) is 32.2 Å². The molecule has 0 spiro atoms. The average molecular weight is 291 g/mol. The summed E-state index contributed by atoms with van der Waals surface area (Å²) in [4.78, 5) is 13.7. The van der Waals surface area contributed by atoms with Crippen LogP contribution in [0.3, 0.4) is 0 Å². The van der Waals surface area contributed by atoms with E-state index in [2.05, 4.69) is 34.6 Å². The van der Waals surface area contributed by atoms with Gasteiger partial charge in [0.1, 0.15) is 0 Å². The number of aliphatic hydroxyl groups is 1. The van der Waals surface area contributed by atoms with Crippen LogP contribution in [0.5, 0.6) is 0 Å². The first kappa shape index (κ1) is 15.6. The molecule has 1 aliphatic rings. The molecule has 1 atom stereocenters. The van der Waals surface area contributed by atoms with E-state index in [0.717, 1.165) is 37.3 Å². The molecule has 5 nitrogen and oxygen atoms in total. The lowest BCUT2D eigenvalue weighted by molar-refractivity contribution is -0.120. The van der Waals surface area contributed by atoms with Crippen molar-refractivity contribution in [3.8, 4) is 0 Å². The van der Waals surface area contributed by atoms with Crippen molar-refractivity contribution < 1.29 is 9.90 Å². The molecule has 116 valence electrons. The molecule has 1 aromatic rings. The maximum absolute atomic E-state index is 11.6. The molecule has 0 radical (unpaired) electrons. The first-order valence-electron chi connectivity index (χ1n) is 7.72. The molecule has 1 fully saturated rings. The van der Waals surface area contributed by atoms with Gasteiger partial charge in [-0.05, 0) is 44.0 Å². The van der Waals surface area contributed by atoms with Crippen molar-refractivity contribution in [3.63, 3.8) is 0 Å². The van der Waals surface area contributed by atoms with Crippen LogP contribution < -0.4 is 15.5 Å². The van der Waals surface area contributed by atoms with Gasteiger partial charge >= 0.3 is 0 Å². The van der Waals surface area contributed by atoms with E-state index < -0.39 is 0 Å². The lowest BCUT2D eigenvalue weighted by Crippen LogP contribution is -2.27. The van der Waals surface area contributed by atoms with Gasteiger partial charge in [0, 0.05) is 43.5 Å². The summed E-state index contributed by atoms with van der Waals surface area (Å²) in [6.45, 7) is 4.53. The second kappa shape index (κ2) is 7.88. The fraction of sp³-hybridized carbons (Fsp3) is 0.562. The second-order valence-electron chi connectivity index (χ2n) is 5.39. The van der Waals surface area contributed by atoms with Crippen molar-refractivity contribution in [1.29, 1.82) is 0 Å². The molecular weight excluding hydrogens is 266 g/mol. The minimum atomic E-state index is 0.127. The first-order chi connectivity index (χ1) is 10.2. The van der Waals surface area contributed by atoms with Crippen LogP contribution in [0.4, 0.5) is 11.4 Å². The maximum atomic E-state index is 11.6. The molecular formula is C16H25N3O2. The third kappa shape index (κ3) is 4.63. The number of carbonyl (C=O) groups is 1. The molecule has 1 amide bonds. The molecule has 3 N–H and O–H groups in total. The van der Waals surface area contributed by atoms with Crippen LogP contribution >= 0.6 is 0 Å². The Morgan fingerprint density at radius 3 is 2.81 bits per heavy atom. The highest BCUT2D eigenvalue weighted by atomic mass is 16.3. The molecule has 1 heterocycles. The number of anilines is 2. The van der Waals surface area contributed by atoms with Crippen LogP contribution in [0.1, 0.15) is 26.2 Å². The summed E-state index contributed by atoms with van der Waals surface area (Å²) < 4.78 is 0. The summed E-state index contributed by atoms with van der Waals surface area (Å²) in [5.41, 5.74) is 2.15. The Kier molecular flexibility index (Phi) is 5.87. The molecule has 21 heavy (non-hydrogen) atoms. The van der Waals surface area contributed by atoms with Crippen LogP contribution in [-0.4, -0.2) is 43.3 Å². The SMILES string of the molecule is CCN(CCO)c1ccc(NC2CCCNC(=O)C2)cc1. The number of carbonyl (C=O) groups excluding carboxylic acids is 1. The largest absolute Gasteiger partial charge is 0.395 e. The van der Waals surface area contributed by atoms with Crippen LogP contribution in [0.2, 0.25) is 0 Å². The first-order valence-corrected chi connectivity index (χ1v) is 7.72. The number of rotatable bonds is 6. The lowest BCUT2D eigenvalue weighted by Gasteiger charge is -2.23. The summed E-state index contributed by atoms with van der Waals surface area (Å²) in [7, 11) is 0. The van der Waals surface area contributed by atoms with E-state index in [1.807, 2.05) is 12.1 Å². The lowest BCUT2D eigenvalue weighted by atomic mass is 10.1. The summed E-state index contributed by atoms with van der Waals surface area (Å²) in [6.07, 6.45) is 2.56. The number of aliphatic hydroxyl groups excluding tert-OH is 1. The van der Waals surface area contributed by atoms with E-state index in [0.29, 0.717) is 13.0 Å². The van der Waals surface area contributed by atoms with Crippen molar-refractivity contribution >= 4 is 17.3 Å². The zero-order chi connectivity index (χ0) is 15.1. The van der Waals surface area contributed by atoms with E-state index in [1.165, 1.54) is 0 Å². The molecule has 1 aliphatic heterocycles. The molecule has 0 aromatic heterocycles. The van der Waals surface area contributed by atoms with Gasteiger partial charge in [0.05, 0.1) is 6.61 Å². The monoisotopic (exact) mass is 291 g/mol. The van der Waals surface area contributed by atoms with Gasteiger partial charge in [0.2, 0.25) is 5.91 Å². The van der Waals surface area contributed by atoms with Crippen LogP contribution in [0.25, 0.3) is 0 Å². The molecule has 1 saturated heterocycles. The minimum Gasteiger partial charge on any atom is -0.395 e. The fourth-order valence-electron chi connectivity index (χ4n) is 2.69. The van der Waals surface area contributed by atoms with Gasteiger partial charge in [-0.1, -0.05) is 0 Å². The predicted molar refractivity (Wildman–Crippen MR) is 85.7 cm³/mol. The van der Waals surface area contributed by atoms with Gasteiger partial charge in [-0.25, -0.2) is 0 Å². The highest BCUT2D eigenvalue weighted by molar-refractivity contribution is 5.77. The molecule has 5 heteroatoms. The maximum Gasteiger partial charge on any atom is 0.222 e. The third-order valence-corrected chi connectivity index (χ3v) is 3.84. The average Bonchev–Trinajstić information content (AvgIpc) is 2.70. The standard InChI is InChI=1S/C16H25N3O2/c1-2-19(10-11-20)15-7-5-13(6-8-15)18-14-4-3-9-17-16(21)12-14/h5-8,14,18,20H,2-4,9-12H2,1H3,(H,17,21). The molecule has 0 bridgehead atoms. The normalized spacial score (nSPS) is 18.8. The van der Waals surface area contributed by atoms with Crippen molar-refractivity contribution in [2.24, 2.45) is 0 Å². The molecule has 0 aliphatic carbocycles. The smallest absolute Gasteiger partial charge is 0.222 e. The zero-order valence-corrected chi connectivity index (χ0v) is 12.6. The topological polar surface area (TPSA) is 64.6 Å². The Morgan fingerprint density at radius 2 is 2.14 bits per heavy atom. The van der Waals surface area contributed by atoms with E-state index in [-0.39, 0.29) is 18.6 Å². The van der Waals surface area contributed by atoms with E-state index in [9.17, 15) is 4.79 Å². The fourth-order valence-corrected chi connectivity index (χ4v) is 2.69. The molecule has 1 aromatic carbocycles. The van der Waals surface area contributed by atoms with Gasteiger partial charge in [0.15, 0.2) is 0 Å². The third-order valence-electron chi connectivity index (χ3n) is 3.84. The Hall–Kier alpha value is -1.75. The number of hydrogen-bond donors (Lipinski definition) is 3. The van der Waals surface area contributed by atoms with Crippen molar-refractivity contribution in [3.05, 3.63) is 24.3 Å². The number of hydrogen-bond acceptors (Lipinski definition) is 4. The Balaban J connectivity index is 1.96. The summed E-state index contributed by atoms with van der Waals surface area (Å²) in [6, 6.07) is 8.39. The van der Waals surface area contributed by atoms with Gasteiger partial charge < -0.3 is 20.6 Å². The van der Waals surface area contributed by atoms with Gasteiger partial charge in [-0.2, -0.15) is 0 Å². The predicted octanol–water partition coefficient (Wildman–Crippen LogP) is 1.59. The number of likely N-dealkylation sites (N-methyl/N-ethyl adjacent to an activating group) is 1. The molecule has 2 rings (SSSR count). The highest BCUT2D eigenvalue weighted by Gasteiger charge is 2.17. The number of nitrogens with zero attached hydrogens (tertiary/aromatic N) is 1. The van der Waals surface area contributed by atoms with Crippen LogP contribution in [0, 0.1) is 0 Å². The van der Waals surface area contributed by atoms with Crippen molar-refractivity contribution in [1.82, 2.24) is 5.32 Å². The quantitative estimate of drug-likeness (QED) is 0.745. The van der Waals surface area contributed by atoms with Crippen LogP contribution in [-0.2, 0) is 4.79 Å². The minimum absolute atomic E-state index is 0.127. The Bertz CT molecular complexity index is 447. The van der Waals surface area contributed by atoms with E-state index in [1.54, 1.807) is 0 Å². The van der Waals surface area contributed by atoms with E-state index >= 15 is 0 Å². The Morgan fingerprint density at radius 1 is 1.38 bits per heavy atom. The summed E-state index contributed by atoms with van der Waals surface area (Å²) in [5, 5.41) is 15.4. The van der Waals surface area contributed by atoms with Gasteiger partial charge in [-0.15, -0.1) is 0 Å². The second-order valence-corrected chi connectivity index (χ2v) is 5.39. The van der Waals surface area contributed by atoms with Crippen LogP contribution in [0.15, 0.2) is 24.3 Å². The highest BCUT2D eigenvalue weighted by Crippen LogP contribution is 2.20. The number of benzene rings is 1. The Labute approximate surface area is 126 Å². The van der Waals surface area contributed by atoms with Gasteiger partial charge in [-0.3, -0.25) is 4.79 Å². The number of amides is 1. The van der Waals surface area contributed by atoms with Gasteiger partial charge in [0.25, 0.3) is 0 Å². The summed E-state index contributed by atoms with van der Waals surface area (Å²) >= 11 is 0. The van der Waals surface area contributed by atoms with E-state index in [4.69, 9.17) is 5.11 Å². The number of nitrogens with one attached hydrogen (secondary N) is 2.